The van der Waals surface area contributed by atoms with Gasteiger partial charge in [0.25, 0.3) is 11.5 Å². The number of carbonyl (C=O) groups is 1. The van der Waals surface area contributed by atoms with Crippen LogP contribution in [0.3, 0.4) is 0 Å². The highest BCUT2D eigenvalue weighted by molar-refractivity contribution is 6.30. The van der Waals surface area contributed by atoms with Crippen LogP contribution in [-0.4, -0.2) is 21.5 Å². The van der Waals surface area contributed by atoms with E-state index >= 15 is 0 Å². The Morgan fingerprint density at radius 2 is 1.94 bits per heavy atom. The highest BCUT2D eigenvalue weighted by Gasteiger charge is 2.59. The number of fused-ring (bicyclic) bond motifs is 2. The maximum absolute atomic E-state index is 13.6. The van der Waals surface area contributed by atoms with E-state index in [1.54, 1.807) is 35.2 Å². The molecule has 2 aromatic carbocycles. The first-order valence-electron chi connectivity index (χ1n) is 10.7. The van der Waals surface area contributed by atoms with E-state index in [1.807, 2.05) is 0 Å². The molecule has 0 spiro atoms. The molecular weight excluding hydrogens is 417 g/mol. The first-order valence-corrected chi connectivity index (χ1v) is 11.1. The zero-order valence-electron chi connectivity index (χ0n) is 17.1. The highest BCUT2D eigenvalue weighted by atomic mass is 35.5. The summed E-state index contributed by atoms with van der Waals surface area (Å²) >= 11 is 5.91. The molecule has 0 bridgehead atoms. The average Bonchev–Trinajstić information content (AvgIpc) is 3.25. The van der Waals surface area contributed by atoms with Gasteiger partial charge in [-0.15, -0.1) is 0 Å². The number of amides is 1. The topological polar surface area (TPSA) is 64.0 Å². The number of rotatable bonds is 5. The van der Waals surface area contributed by atoms with Crippen LogP contribution in [0.2, 0.25) is 5.02 Å². The van der Waals surface area contributed by atoms with Gasteiger partial charge in [0, 0.05) is 22.7 Å². The van der Waals surface area contributed by atoms with Gasteiger partial charge < -0.3 is 5.32 Å². The van der Waals surface area contributed by atoms with E-state index in [4.69, 9.17) is 11.6 Å². The lowest BCUT2D eigenvalue weighted by atomic mass is 9.99. The summed E-state index contributed by atoms with van der Waals surface area (Å²) in [5.41, 5.74) is 0.933. The van der Waals surface area contributed by atoms with Crippen molar-refractivity contribution in [3.63, 3.8) is 0 Å². The minimum Gasteiger partial charge on any atom is -0.349 e. The lowest BCUT2D eigenvalue weighted by molar-refractivity contribution is 0.0927. The summed E-state index contributed by atoms with van der Waals surface area (Å²) in [6, 6.07) is 11.2. The van der Waals surface area contributed by atoms with Crippen molar-refractivity contribution in [2.75, 3.05) is 0 Å². The van der Waals surface area contributed by atoms with Gasteiger partial charge in [0.05, 0.1) is 17.2 Å². The van der Waals surface area contributed by atoms with Gasteiger partial charge >= 0.3 is 0 Å². The van der Waals surface area contributed by atoms with Crippen molar-refractivity contribution in [3.05, 3.63) is 75.5 Å². The third kappa shape index (κ3) is 3.63. The second-order valence-electron chi connectivity index (χ2n) is 8.64. The molecule has 0 saturated heterocycles. The molecule has 160 valence electrons. The lowest BCUT2D eigenvalue weighted by Gasteiger charge is -2.22. The van der Waals surface area contributed by atoms with Crippen molar-refractivity contribution in [3.8, 4) is 0 Å². The molecular formula is C24H23ClFN3O2. The van der Waals surface area contributed by atoms with Crippen molar-refractivity contribution in [1.82, 2.24) is 14.9 Å². The van der Waals surface area contributed by atoms with E-state index in [9.17, 15) is 14.0 Å². The minimum atomic E-state index is -0.430. The largest absolute Gasteiger partial charge is 0.349 e. The number of nitrogens with zero attached hydrogens (tertiary/aromatic N) is 2. The van der Waals surface area contributed by atoms with Crippen LogP contribution in [0.25, 0.3) is 10.9 Å². The summed E-state index contributed by atoms with van der Waals surface area (Å²) in [5, 5.41) is 4.11. The first kappa shape index (κ1) is 20.2. The van der Waals surface area contributed by atoms with Crippen molar-refractivity contribution >= 4 is 28.4 Å². The summed E-state index contributed by atoms with van der Waals surface area (Å²) in [6.07, 6.45) is 4.21. The third-order valence-corrected chi connectivity index (χ3v) is 7.20. The molecule has 2 aliphatic carbocycles. The summed E-state index contributed by atoms with van der Waals surface area (Å²) in [4.78, 5) is 29.8. The highest BCUT2D eigenvalue weighted by Crippen LogP contribution is 2.62. The fourth-order valence-electron chi connectivity index (χ4n) is 5.38. The van der Waals surface area contributed by atoms with Gasteiger partial charge in [-0.2, -0.15) is 0 Å². The van der Waals surface area contributed by atoms with Crippen LogP contribution in [-0.2, 0) is 0 Å². The number of nitrogens with one attached hydrogen (secondary N) is 1. The van der Waals surface area contributed by atoms with E-state index in [2.05, 4.69) is 17.2 Å². The quantitative estimate of drug-likeness (QED) is 0.632. The Morgan fingerprint density at radius 3 is 2.61 bits per heavy atom. The molecule has 1 amide bonds. The molecule has 7 heteroatoms. The van der Waals surface area contributed by atoms with Gasteiger partial charge in [-0.05, 0) is 79.5 Å². The van der Waals surface area contributed by atoms with Crippen LogP contribution in [0, 0.1) is 23.6 Å². The summed E-state index contributed by atoms with van der Waals surface area (Å²) in [6.45, 7) is 2.09. The van der Waals surface area contributed by atoms with Crippen LogP contribution < -0.4 is 10.9 Å². The minimum absolute atomic E-state index is 0.0726. The van der Waals surface area contributed by atoms with E-state index < -0.39 is 5.82 Å². The average molecular weight is 440 g/mol. The van der Waals surface area contributed by atoms with Gasteiger partial charge in [0.15, 0.2) is 0 Å². The zero-order chi connectivity index (χ0) is 21.7. The smallest absolute Gasteiger partial charge is 0.261 e. The monoisotopic (exact) mass is 439 g/mol. The molecule has 0 radical (unpaired) electrons. The second kappa shape index (κ2) is 7.75. The van der Waals surface area contributed by atoms with Crippen LogP contribution in [0.4, 0.5) is 4.39 Å². The van der Waals surface area contributed by atoms with E-state index in [1.165, 1.54) is 18.2 Å². The molecule has 2 aliphatic rings. The number of carbonyl (C=O) groups excluding carboxylic acids is 1. The van der Waals surface area contributed by atoms with Gasteiger partial charge in [-0.3, -0.25) is 14.2 Å². The summed E-state index contributed by atoms with van der Waals surface area (Å²) in [5.74, 6) is 0.882. The molecule has 0 aliphatic heterocycles. The van der Waals surface area contributed by atoms with Crippen LogP contribution in [0.5, 0.6) is 0 Å². The SMILES string of the molecule is CCC(NC(=O)c1ccc(Cl)cc1)C1[C@H]2CC(n3cnc4ccc(F)cc4c3=O)C[C@@H]12. The Labute approximate surface area is 184 Å². The van der Waals surface area contributed by atoms with Gasteiger partial charge in [-0.1, -0.05) is 18.5 Å². The fourth-order valence-corrected chi connectivity index (χ4v) is 5.50. The summed E-state index contributed by atoms with van der Waals surface area (Å²) in [7, 11) is 0. The number of hydrogen-bond acceptors (Lipinski definition) is 3. The third-order valence-electron chi connectivity index (χ3n) is 6.95. The Kier molecular flexibility index (Phi) is 5.05. The molecule has 2 fully saturated rings. The fraction of sp³-hybridized carbons (Fsp3) is 0.375. The normalized spacial score (nSPS) is 25.3. The van der Waals surface area contributed by atoms with Crippen LogP contribution in [0.15, 0.2) is 53.6 Å². The predicted octanol–water partition coefficient (Wildman–Crippen LogP) is 4.59. The molecule has 31 heavy (non-hydrogen) atoms. The van der Waals surface area contributed by atoms with Gasteiger partial charge in [-0.25, -0.2) is 9.37 Å². The number of hydrogen-bond donors (Lipinski definition) is 1. The second-order valence-corrected chi connectivity index (χ2v) is 9.08. The molecule has 1 heterocycles. The number of halogens is 2. The molecule has 5 atom stereocenters. The van der Waals surface area contributed by atoms with Crippen molar-refractivity contribution in [2.24, 2.45) is 17.8 Å². The lowest BCUT2D eigenvalue weighted by Crippen LogP contribution is -2.37. The van der Waals surface area contributed by atoms with Crippen molar-refractivity contribution < 1.29 is 9.18 Å². The van der Waals surface area contributed by atoms with Crippen LogP contribution >= 0.6 is 11.6 Å². The molecule has 3 unspecified atom stereocenters. The van der Waals surface area contributed by atoms with E-state index in [0.717, 1.165) is 19.3 Å². The number of aromatic nitrogens is 2. The predicted molar refractivity (Wildman–Crippen MR) is 118 cm³/mol. The standard InChI is InChI=1S/C24H23ClFN3O2/c1-2-20(28-23(30)13-3-5-14(25)6-4-13)22-17-10-16(11-18(17)22)29-12-27-21-8-7-15(26)9-19(21)24(29)31/h3-9,12,16-18,20,22H,2,10-11H2,1H3,(H,28,30)/t16?,17-,18+,20?,22?. The maximum Gasteiger partial charge on any atom is 0.261 e. The molecule has 1 aromatic heterocycles. The molecule has 5 rings (SSSR count). The Morgan fingerprint density at radius 1 is 1.23 bits per heavy atom. The number of benzene rings is 2. The van der Waals surface area contributed by atoms with Crippen molar-refractivity contribution in [2.45, 2.75) is 38.3 Å². The van der Waals surface area contributed by atoms with Gasteiger partial charge in [0.2, 0.25) is 0 Å². The van der Waals surface area contributed by atoms with Crippen molar-refractivity contribution in [1.29, 1.82) is 0 Å². The Bertz CT molecular complexity index is 1200. The Balaban J connectivity index is 1.27. The molecule has 1 N–H and O–H groups in total. The zero-order valence-corrected chi connectivity index (χ0v) is 17.8. The van der Waals surface area contributed by atoms with Crippen LogP contribution in [0.1, 0.15) is 42.6 Å². The van der Waals surface area contributed by atoms with E-state index in [-0.39, 0.29) is 23.6 Å². The van der Waals surface area contributed by atoms with E-state index in [0.29, 0.717) is 39.2 Å². The molecule has 5 nitrogen and oxygen atoms in total. The molecule has 3 aromatic rings. The van der Waals surface area contributed by atoms with Gasteiger partial charge in [0.1, 0.15) is 5.82 Å². The first-order chi connectivity index (χ1) is 15.0. The Hall–Kier alpha value is -2.73. The maximum atomic E-state index is 13.6. The molecule has 2 saturated carbocycles. The summed E-state index contributed by atoms with van der Waals surface area (Å²) < 4.78 is 15.3.